The Morgan fingerprint density at radius 2 is 1.68 bits per heavy atom. The van der Waals surface area contributed by atoms with E-state index in [1.165, 1.54) is 17.7 Å². The van der Waals surface area contributed by atoms with Crippen LogP contribution in [-0.2, 0) is 17.8 Å². The number of carbonyl (C=O) groups is 1. The van der Waals surface area contributed by atoms with Gasteiger partial charge in [0.15, 0.2) is 0 Å². The topological polar surface area (TPSA) is 58.4 Å². The van der Waals surface area contributed by atoms with Gasteiger partial charge in [0.2, 0.25) is 5.91 Å². The molecule has 3 N–H and O–H groups in total. The molecule has 0 fully saturated rings. The summed E-state index contributed by atoms with van der Waals surface area (Å²) in [6, 6.07) is 16.3. The summed E-state index contributed by atoms with van der Waals surface area (Å²) in [6.07, 6.45) is 0.881. The lowest BCUT2D eigenvalue weighted by Gasteiger charge is -2.21. The Hall–Kier alpha value is -1.95. The number of nitrogens with zero attached hydrogens (tertiary/aromatic N) is 1. The van der Waals surface area contributed by atoms with Crippen molar-refractivity contribution < 1.29 is 9.18 Å². The number of hydrogen-bond donors (Lipinski definition) is 2. The molecule has 0 aliphatic carbocycles. The molecule has 2 rings (SSSR count). The molecule has 0 saturated carbocycles. The number of rotatable bonds is 9. The molecular formula is C19H25ClFN3O. The standard InChI is InChI=1S/C19H24FN3O.ClH/c20-18-8-6-17(7-9-18)14-22-19(24)15-23(13-11-21)12-10-16-4-2-1-3-5-16;/h1-9H,10-15,21H2,(H,22,24);1H. The van der Waals surface area contributed by atoms with Crippen LogP contribution in [0.2, 0.25) is 0 Å². The Kier molecular flexibility index (Phi) is 9.77. The number of benzene rings is 2. The summed E-state index contributed by atoms with van der Waals surface area (Å²) >= 11 is 0. The predicted octanol–water partition coefficient (Wildman–Crippen LogP) is 2.37. The van der Waals surface area contributed by atoms with E-state index in [0.29, 0.717) is 26.2 Å². The van der Waals surface area contributed by atoms with Crippen molar-refractivity contribution >= 4 is 18.3 Å². The molecule has 1 amide bonds. The Morgan fingerprint density at radius 3 is 2.32 bits per heavy atom. The van der Waals surface area contributed by atoms with Crippen molar-refractivity contribution in [2.24, 2.45) is 5.73 Å². The summed E-state index contributed by atoms with van der Waals surface area (Å²) in [5.74, 6) is -0.332. The average Bonchev–Trinajstić information content (AvgIpc) is 2.60. The van der Waals surface area contributed by atoms with Crippen molar-refractivity contribution in [2.75, 3.05) is 26.2 Å². The number of halogens is 2. The van der Waals surface area contributed by atoms with Gasteiger partial charge in [0.25, 0.3) is 0 Å². The summed E-state index contributed by atoms with van der Waals surface area (Å²) < 4.78 is 12.9. The molecule has 2 aromatic carbocycles. The maximum absolute atomic E-state index is 12.9. The molecular weight excluding hydrogens is 341 g/mol. The zero-order valence-electron chi connectivity index (χ0n) is 14.2. The molecule has 0 saturated heterocycles. The van der Waals surface area contributed by atoms with Crippen LogP contribution in [0.15, 0.2) is 54.6 Å². The van der Waals surface area contributed by atoms with Gasteiger partial charge in [0.1, 0.15) is 5.82 Å². The van der Waals surface area contributed by atoms with E-state index in [-0.39, 0.29) is 24.1 Å². The van der Waals surface area contributed by atoms with E-state index in [2.05, 4.69) is 17.4 Å². The largest absolute Gasteiger partial charge is 0.351 e. The van der Waals surface area contributed by atoms with Crippen LogP contribution < -0.4 is 11.1 Å². The fraction of sp³-hybridized carbons (Fsp3) is 0.316. The zero-order valence-corrected chi connectivity index (χ0v) is 15.0. The molecule has 136 valence electrons. The maximum atomic E-state index is 12.9. The highest BCUT2D eigenvalue weighted by Crippen LogP contribution is 2.03. The molecule has 0 aromatic heterocycles. The second-order valence-electron chi connectivity index (χ2n) is 5.70. The smallest absolute Gasteiger partial charge is 0.234 e. The molecule has 4 nitrogen and oxygen atoms in total. The van der Waals surface area contributed by atoms with Crippen molar-refractivity contribution in [2.45, 2.75) is 13.0 Å². The van der Waals surface area contributed by atoms with Gasteiger partial charge >= 0.3 is 0 Å². The second kappa shape index (κ2) is 11.6. The third kappa shape index (κ3) is 8.12. The molecule has 0 atom stereocenters. The van der Waals surface area contributed by atoms with Gasteiger partial charge in [-0.25, -0.2) is 4.39 Å². The van der Waals surface area contributed by atoms with Crippen LogP contribution in [0.5, 0.6) is 0 Å². The fourth-order valence-electron chi connectivity index (χ4n) is 2.45. The zero-order chi connectivity index (χ0) is 17.2. The molecule has 0 unspecified atom stereocenters. The Morgan fingerprint density at radius 1 is 1.00 bits per heavy atom. The number of hydrogen-bond acceptors (Lipinski definition) is 3. The average molecular weight is 366 g/mol. The molecule has 0 radical (unpaired) electrons. The van der Waals surface area contributed by atoms with E-state index < -0.39 is 0 Å². The number of nitrogens with one attached hydrogen (secondary N) is 1. The van der Waals surface area contributed by atoms with E-state index >= 15 is 0 Å². The third-order valence-electron chi connectivity index (χ3n) is 3.78. The van der Waals surface area contributed by atoms with Crippen LogP contribution in [0.1, 0.15) is 11.1 Å². The molecule has 2 aromatic rings. The molecule has 0 aliphatic heterocycles. The minimum absolute atomic E-state index is 0. The number of carbonyl (C=O) groups excluding carboxylic acids is 1. The first-order valence-corrected chi connectivity index (χ1v) is 8.15. The number of nitrogens with two attached hydrogens (primary N) is 1. The van der Waals surface area contributed by atoms with E-state index in [0.717, 1.165) is 18.5 Å². The first-order chi connectivity index (χ1) is 11.7. The van der Waals surface area contributed by atoms with Crippen LogP contribution in [0.3, 0.4) is 0 Å². The highest BCUT2D eigenvalue weighted by Gasteiger charge is 2.10. The van der Waals surface area contributed by atoms with Crippen molar-refractivity contribution in [1.82, 2.24) is 10.2 Å². The highest BCUT2D eigenvalue weighted by atomic mass is 35.5. The van der Waals surface area contributed by atoms with Crippen LogP contribution in [-0.4, -0.2) is 37.0 Å². The van der Waals surface area contributed by atoms with Crippen LogP contribution in [0.25, 0.3) is 0 Å². The first-order valence-electron chi connectivity index (χ1n) is 8.15. The van der Waals surface area contributed by atoms with Gasteiger partial charge in [0.05, 0.1) is 6.54 Å². The lowest BCUT2D eigenvalue weighted by molar-refractivity contribution is -0.122. The maximum Gasteiger partial charge on any atom is 0.234 e. The monoisotopic (exact) mass is 365 g/mol. The molecule has 25 heavy (non-hydrogen) atoms. The Balaban J connectivity index is 0.00000312. The normalized spacial score (nSPS) is 10.4. The van der Waals surface area contributed by atoms with Crippen molar-refractivity contribution in [3.63, 3.8) is 0 Å². The summed E-state index contributed by atoms with van der Waals surface area (Å²) in [4.78, 5) is 14.2. The second-order valence-corrected chi connectivity index (χ2v) is 5.70. The highest BCUT2D eigenvalue weighted by molar-refractivity contribution is 5.85. The van der Waals surface area contributed by atoms with E-state index in [1.54, 1.807) is 12.1 Å². The summed E-state index contributed by atoms with van der Waals surface area (Å²) in [7, 11) is 0. The molecule has 0 aliphatic rings. The molecule has 6 heteroatoms. The van der Waals surface area contributed by atoms with Crippen LogP contribution in [0, 0.1) is 5.82 Å². The van der Waals surface area contributed by atoms with Gasteiger partial charge in [-0.05, 0) is 29.7 Å². The van der Waals surface area contributed by atoms with Crippen molar-refractivity contribution in [3.8, 4) is 0 Å². The van der Waals surface area contributed by atoms with Crippen LogP contribution >= 0.6 is 12.4 Å². The molecule has 0 heterocycles. The van der Waals surface area contributed by atoms with Crippen LogP contribution in [0.4, 0.5) is 4.39 Å². The quantitative estimate of drug-likeness (QED) is 0.717. The van der Waals surface area contributed by atoms with Gasteiger partial charge < -0.3 is 11.1 Å². The molecule has 0 bridgehead atoms. The van der Waals surface area contributed by atoms with E-state index in [9.17, 15) is 9.18 Å². The summed E-state index contributed by atoms with van der Waals surface area (Å²) in [5.41, 5.74) is 7.76. The third-order valence-corrected chi connectivity index (χ3v) is 3.78. The SMILES string of the molecule is Cl.NCCN(CCc1ccccc1)CC(=O)NCc1ccc(F)cc1. The minimum Gasteiger partial charge on any atom is -0.351 e. The van der Waals surface area contributed by atoms with Gasteiger partial charge in [-0.3, -0.25) is 9.69 Å². The van der Waals surface area contributed by atoms with Gasteiger partial charge in [-0.15, -0.1) is 12.4 Å². The van der Waals surface area contributed by atoms with Crippen molar-refractivity contribution in [1.29, 1.82) is 0 Å². The summed E-state index contributed by atoms with van der Waals surface area (Å²) in [5, 5.41) is 2.86. The molecule has 0 spiro atoms. The van der Waals surface area contributed by atoms with Gasteiger partial charge in [-0.1, -0.05) is 42.5 Å². The lowest BCUT2D eigenvalue weighted by atomic mass is 10.1. The van der Waals surface area contributed by atoms with Crippen molar-refractivity contribution in [3.05, 3.63) is 71.5 Å². The summed E-state index contributed by atoms with van der Waals surface area (Å²) in [6.45, 7) is 2.68. The van der Waals surface area contributed by atoms with E-state index in [1.807, 2.05) is 23.1 Å². The minimum atomic E-state index is -0.278. The predicted molar refractivity (Wildman–Crippen MR) is 101 cm³/mol. The Bertz CT molecular complexity index is 622. The first kappa shape index (κ1) is 21.1. The fourth-order valence-corrected chi connectivity index (χ4v) is 2.45. The van der Waals surface area contributed by atoms with Gasteiger partial charge in [-0.2, -0.15) is 0 Å². The number of amides is 1. The van der Waals surface area contributed by atoms with Gasteiger partial charge in [0, 0.05) is 26.2 Å². The Labute approximate surface area is 154 Å². The van der Waals surface area contributed by atoms with E-state index in [4.69, 9.17) is 5.73 Å². The lowest BCUT2D eigenvalue weighted by Crippen LogP contribution is -2.40.